The van der Waals surface area contributed by atoms with Crippen LogP contribution >= 0.6 is 0 Å². The predicted molar refractivity (Wildman–Crippen MR) is 126 cm³/mol. The smallest absolute Gasteiger partial charge is 0.158 e. The molecule has 0 aliphatic carbocycles. The van der Waals surface area contributed by atoms with E-state index in [0.29, 0.717) is 17.4 Å². The minimum Gasteiger partial charge on any atom is -0.497 e. The molecule has 0 unspecified atom stereocenters. The molecule has 0 saturated carbocycles. The third kappa shape index (κ3) is 3.73. The fourth-order valence-electron chi connectivity index (χ4n) is 3.77. The predicted octanol–water partition coefficient (Wildman–Crippen LogP) is 4.29. The molecule has 3 aromatic heterocycles. The van der Waals surface area contributed by atoms with Gasteiger partial charge in [0, 0.05) is 30.6 Å². The highest BCUT2D eigenvalue weighted by molar-refractivity contribution is 5.91. The summed E-state index contributed by atoms with van der Waals surface area (Å²) >= 11 is 0. The Labute approximate surface area is 190 Å². The molecule has 5 aromatic rings. The Morgan fingerprint density at radius 2 is 1.85 bits per heavy atom. The van der Waals surface area contributed by atoms with Crippen LogP contribution in [0.1, 0.15) is 5.82 Å². The Morgan fingerprint density at radius 3 is 2.61 bits per heavy atom. The topological polar surface area (TPSA) is 91.9 Å². The van der Waals surface area contributed by atoms with Crippen molar-refractivity contribution >= 4 is 22.5 Å². The van der Waals surface area contributed by atoms with Gasteiger partial charge in [0.25, 0.3) is 0 Å². The molecule has 0 bridgehead atoms. The third-order valence-corrected chi connectivity index (χ3v) is 5.42. The molecule has 0 radical (unpaired) electrons. The quantitative estimate of drug-likeness (QED) is 0.420. The van der Waals surface area contributed by atoms with Gasteiger partial charge in [-0.3, -0.25) is 0 Å². The molecule has 3 heterocycles. The molecule has 0 aliphatic heterocycles. The normalized spacial score (nSPS) is 11.0. The summed E-state index contributed by atoms with van der Waals surface area (Å²) in [6.45, 7) is 1.85. The average molecular weight is 441 g/mol. The number of benzene rings is 2. The Morgan fingerprint density at radius 1 is 0.970 bits per heavy atom. The molecule has 0 aliphatic rings. The first kappa shape index (κ1) is 20.5. The first-order valence-electron chi connectivity index (χ1n) is 10.4. The Kier molecular flexibility index (Phi) is 5.14. The maximum absolute atomic E-state index is 5.60. The number of rotatable bonds is 6. The van der Waals surface area contributed by atoms with Crippen molar-refractivity contribution in [3.05, 3.63) is 66.9 Å². The van der Waals surface area contributed by atoms with E-state index in [1.165, 1.54) is 0 Å². The minimum absolute atomic E-state index is 0.656. The van der Waals surface area contributed by atoms with E-state index in [-0.39, 0.29) is 0 Å². The van der Waals surface area contributed by atoms with Crippen LogP contribution in [0, 0.1) is 6.92 Å². The number of aromatic nitrogens is 6. The van der Waals surface area contributed by atoms with Crippen molar-refractivity contribution in [2.24, 2.45) is 7.05 Å². The first-order valence-corrected chi connectivity index (χ1v) is 10.4. The van der Waals surface area contributed by atoms with Crippen molar-refractivity contribution in [2.75, 3.05) is 19.5 Å². The average Bonchev–Trinajstić information content (AvgIpc) is 3.43. The van der Waals surface area contributed by atoms with E-state index in [2.05, 4.69) is 20.4 Å². The van der Waals surface area contributed by atoms with Crippen LogP contribution in [0.2, 0.25) is 0 Å². The van der Waals surface area contributed by atoms with Gasteiger partial charge in [-0.1, -0.05) is 12.1 Å². The van der Waals surface area contributed by atoms with Crippen LogP contribution in [-0.2, 0) is 7.05 Å². The van der Waals surface area contributed by atoms with Crippen LogP contribution in [0.3, 0.4) is 0 Å². The van der Waals surface area contributed by atoms with Crippen LogP contribution in [0.25, 0.3) is 28.1 Å². The van der Waals surface area contributed by atoms with Crippen LogP contribution in [0.5, 0.6) is 11.5 Å². The summed E-state index contributed by atoms with van der Waals surface area (Å²) in [5.41, 5.74) is 4.32. The standard InChI is InChI=1S/C24H23N7O2/c1-15-26-14-31(29-15)19-9-8-17(13-21(19)33-4)27-23-22-20(10-11-25-23)30(2)24(28-22)16-6-5-7-18(12-16)32-3/h5-14H,1-4H3,(H,25,27). The van der Waals surface area contributed by atoms with Crippen molar-refractivity contribution in [3.8, 4) is 28.6 Å². The Hall–Kier alpha value is -4.40. The van der Waals surface area contributed by atoms with E-state index in [9.17, 15) is 0 Å². The zero-order chi connectivity index (χ0) is 22.9. The van der Waals surface area contributed by atoms with Crippen molar-refractivity contribution < 1.29 is 9.47 Å². The number of aryl methyl sites for hydroxylation is 2. The van der Waals surface area contributed by atoms with E-state index in [4.69, 9.17) is 14.5 Å². The van der Waals surface area contributed by atoms with Gasteiger partial charge in [-0.25, -0.2) is 19.6 Å². The number of fused-ring (bicyclic) bond motifs is 1. The molecular formula is C24H23N7O2. The minimum atomic E-state index is 0.656. The van der Waals surface area contributed by atoms with Crippen LogP contribution in [0.15, 0.2) is 61.1 Å². The molecule has 0 atom stereocenters. The third-order valence-electron chi connectivity index (χ3n) is 5.42. The molecular weight excluding hydrogens is 418 g/mol. The van der Waals surface area contributed by atoms with Gasteiger partial charge in [0.15, 0.2) is 5.82 Å². The number of imidazole rings is 1. The van der Waals surface area contributed by atoms with E-state index < -0.39 is 0 Å². The molecule has 5 rings (SSSR count). The highest BCUT2D eigenvalue weighted by atomic mass is 16.5. The molecule has 2 aromatic carbocycles. The highest BCUT2D eigenvalue weighted by Crippen LogP contribution is 2.32. The lowest BCUT2D eigenvalue weighted by atomic mass is 10.2. The molecule has 1 N–H and O–H groups in total. The first-order chi connectivity index (χ1) is 16.1. The van der Waals surface area contributed by atoms with E-state index >= 15 is 0 Å². The van der Waals surface area contributed by atoms with Gasteiger partial charge < -0.3 is 19.4 Å². The van der Waals surface area contributed by atoms with Gasteiger partial charge in [0.05, 0.1) is 19.7 Å². The number of methoxy groups -OCH3 is 2. The lowest BCUT2D eigenvalue weighted by Gasteiger charge is -2.12. The maximum Gasteiger partial charge on any atom is 0.158 e. The van der Waals surface area contributed by atoms with E-state index in [1.807, 2.05) is 67.1 Å². The summed E-state index contributed by atoms with van der Waals surface area (Å²) in [7, 11) is 5.28. The monoisotopic (exact) mass is 441 g/mol. The maximum atomic E-state index is 5.60. The van der Waals surface area contributed by atoms with Gasteiger partial charge in [-0.05, 0) is 37.3 Å². The highest BCUT2D eigenvalue weighted by Gasteiger charge is 2.15. The van der Waals surface area contributed by atoms with Crippen molar-refractivity contribution in [3.63, 3.8) is 0 Å². The second kappa shape index (κ2) is 8.27. The number of nitrogens with one attached hydrogen (secondary N) is 1. The van der Waals surface area contributed by atoms with Gasteiger partial charge in [0.2, 0.25) is 0 Å². The fraction of sp³-hybridized carbons (Fsp3) is 0.167. The Balaban J connectivity index is 1.53. The number of nitrogens with zero attached hydrogens (tertiary/aromatic N) is 6. The van der Waals surface area contributed by atoms with E-state index in [0.717, 1.165) is 39.5 Å². The Bertz CT molecular complexity index is 1450. The van der Waals surface area contributed by atoms with Crippen molar-refractivity contribution in [1.82, 2.24) is 29.3 Å². The molecule has 9 heteroatoms. The van der Waals surface area contributed by atoms with Crippen LogP contribution < -0.4 is 14.8 Å². The molecule has 0 spiro atoms. The molecule has 33 heavy (non-hydrogen) atoms. The lowest BCUT2D eigenvalue weighted by Crippen LogP contribution is -2.01. The van der Waals surface area contributed by atoms with Gasteiger partial charge in [-0.15, -0.1) is 0 Å². The van der Waals surface area contributed by atoms with Crippen LogP contribution in [-0.4, -0.2) is 43.5 Å². The number of hydrogen-bond donors (Lipinski definition) is 1. The lowest BCUT2D eigenvalue weighted by molar-refractivity contribution is 0.412. The second-order valence-corrected chi connectivity index (χ2v) is 7.50. The summed E-state index contributed by atoms with van der Waals surface area (Å²) in [5, 5.41) is 7.75. The van der Waals surface area contributed by atoms with Crippen LogP contribution in [0.4, 0.5) is 11.5 Å². The molecule has 9 nitrogen and oxygen atoms in total. The number of pyridine rings is 1. The summed E-state index contributed by atoms with van der Waals surface area (Å²) in [6.07, 6.45) is 3.43. The molecule has 166 valence electrons. The summed E-state index contributed by atoms with van der Waals surface area (Å²) in [6, 6.07) is 15.6. The summed E-state index contributed by atoms with van der Waals surface area (Å²) < 4.78 is 14.7. The van der Waals surface area contributed by atoms with Gasteiger partial charge >= 0.3 is 0 Å². The van der Waals surface area contributed by atoms with Gasteiger partial charge in [-0.2, -0.15) is 5.10 Å². The summed E-state index contributed by atoms with van der Waals surface area (Å²) in [4.78, 5) is 13.6. The molecule has 0 amide bonds. The largest absolute Gasteiger partial charge is 0.497 e. The van der Waals surface area contributed by atoms with Crippen molar-refractivity contribution in [1.29, 1.82) is 0 Å². The van der Waals surface area contributed by atoms with E-state index in [1.54, 1.807) is 31.4 Å². The second-order valence-electron chi connectivity index (χ2n) is 7.50. The fourth-order valence-corrected chi connectivity index (χ4v) is 3.77. The summed E-state index contributed by atoms with van der Waals surface area (Å²) in [5.74, 6) is 3.62. The molecule has 0 saturated heterocycles. The number of ether oxygens (including phenoxy) is 2. The number of anilines is 2. The van der Waals surface area contributed by atoms with Crippen molar-refractivity contribution in [2.45, 2.75) is 6.92 Å². The SMILES string of the molecule is COc1cccc(-c2nc3c(Nc4ccc(-n5cnc(C)n5)c(OC)c4)nccc3n2C)c1. The zero-order valence-corrected chi connectivity index (χ0v) is 18.8. The zero-order valence-electron chi connectivity index (χ0n) is 18.8. The molecule has 0 fully saturated rings. The number of hydrogen-bond acceptors (Lipinski definition) is 7. The van der Waals surface area contributed by atoms with Gasteiger partial charge in [0.1, 0.15) is 40.7 Å².